The minimum Gasteiger partial charge on any atom is -0.493 e. The number of nitrogens with zero attached hydrogens (tertiary/aromatic N) is 4. The van der Waals surface area contributed by atoms with Crippen LogP contribution in [0.2, 0.25) is 0 Å². The number of hydrogen-bond donors (Lipinski definition) is 1. The van der Waals surface area contributed by atoms with E-state index in [1.165, 1.54) is 4.68 Å². The van der Waals surface area contributed by atoms with Crippen molar-refractivity contribution >= 4 is 5.97 Å². The van der Waals surface area contributed by atoms with E-state index in [9.17, 15) is 4.79 Å². The average molecular weight is 276 g/mol. The van der Waals surface area contributed by atoms with Crippen molar-refractivity contribution in [3.05, 3.63) is 36.2 Å². The number of tetrazole rings is 1. The molecule has 0 fully saturated rings. The van der Waals surface area contributed by atoms with Crippen molar-refractivity contribution in [1.82, 2.24) is 20.2 Å². The molecule has 0 radical (unpaired) electrons. The van der Waals surface area contributed by atoms with E-state index in [4.69, 9.17) is 9.84 Å². The summed E-state index contributed by atoms with van der Waals surface area (Å²) in [4.78, 5) is 10.8. The minimum absolute atomic E-state index is 0.253. The van der Waals surface area contributed by atoms with E-state index in [2.05, 4.69) is 15.5 Å². The Balaban J connectivity index is 1.87. The van der Waals surface area contributed by atoms with Crippen molar-refractivity contribution in [3.8, 4) is 5.75 Å². The number of para-hydroxylation sites is 1. The molecule has 1 unspecified atom stereocenters. The molecule has 106 valence electrons. The quantitative estimate of drug-likeness (QED) is 0.811. The molecule has 1 atom stereocenters. The zero-order valence-corrected chi connectivity index (χ0v) is 11.1. The third kappa shape index (κ3) is 3.78. The Morgan fingerprint density at radius 1 is 1.40 bits per heavy atom. The number of aliphatic carboxylic acids is 1. The Hall–Kier alpha value is -2.44. The topological polar surface area (TPSA) is 90.1 Å². The molecule has 0 saturated heterocycles. The van der Waals surface area contributed by atoms with Gasteiger partial charge < -0.3 is 9.84 Å². The van der Waals surface area contributed by atoms with Gasteiger partial charge >= 0.3 is 5.97 Å². The largest absolute Gasteiger partial charge is 0.493 e. The van der Waals surface area contributed by atoms with Gasteiger partial charge in [0.1, 0.15) is 5.75 Å². The first-order chi connectivity index (χ1) is 9.66. The summed E-state index contributed by atoms with van der Waals surface area (Å²) in [6.07, 6.45) is 0.522. The lowest BCUT2D eigenvalue weighted by atomic mass is 10.2. The predicted molar refractivity (Wildman–Crippen MR) is 70.3 cm³/mol. The van der Waals surface area contributed by atoms with E-state index >= 15 is 0 Å². The van der Waals surface area contributed by atoms with Gasteiger partial charge in [-0.25, -0.2) is 4.68 Å². The van der Waals surface area contributed by atoms with Crippen LogP contribution in [0.5, 0.6) is 5.75 Å². The van der Waals surface area contributed by atoms with Crippen molar-refractivity contribution in [2.24, 2.45) is 5.92 Å². The van der Waals surface area contributed by atoms with Gasteiger partial charge in [-0.2, -0.15) is 0 Å². The number of benzene rings is 1. The summed E-state index contributed by atoms with van der Waals surface area (Å²) in [6, 6.07) is 9.45. The fourth-order valence-electron chi connectivity index (χ4n) is 1.66. The molecular formula is C13H16N4O3. The van der Waals surface area contributed by atoms with Crippen molar-refractivity contribution in [2.45, 2.75) is 19.9 Å². The molecule has 0 saturated carbocycles. The zero-order valence-electron chi connectivity index (χ0n) is 11.1. The van der Waals surface area contributed by atoms with Crippen molar-refractivity contribution in [1.29, 1.82) is 0 Å². The van der Waals surface area contributed by atoms with Crippen molar-refractivity contribution in [3.63, 3.8) is 0 Å². The van der Waals surface area contributed by atoms with Crippen LogP contribution in [-0.2, 0) is 17.8 Å². The highest BCUT2D eigenvalue weighted by Gasteiger charge is 2.15. The van der Waals surface area contributed by atoms with Crippen LogP contribution in [0, 0.1) is 5.92 Å². The van der Waals surface area contributed by atoms with Gasteiger partial charge in [0.2, 0.25) is 0 Å². The van der Waals surface area contributed by atoms with Crippen molar-refractivity contribution < 1.29 is 14.6 Å². The van der Waals surface area contributed by atoms with Crippen LogP contribution in [0.4, 0.5) is 0 Å². The van der Waals surface area contributed by atoms with E-state index in [1.54, 1.807) is 6.92 Å². The van der Waals surface area contributed by atoms with Gasteiger partial charge in [-0.3, -0.25) is 4.79 Å². The van der Waals surface area contributed by atoms with E-state index in [0.29, 0.717) is 18.9 Å². The lowest BCUT2D eigenvalue weighted by Crippen LogP contribution is -2.20. The van der Waals surface area contributed by atoms with Gasteiger partial charge in [0.25, 0.3) is 0 Å². The maximum atomic E-state index is 10.8. The molecule has 20 heavy (non-hydrogen) atoms. The smallest absolute Gasteiger partial charge is 0.308 e. The van der Waals surface area contributed by atoms with Gasteiger partial charge in [0.15, 0.2) is 5.82 Å². The number of carbonyl (C=O) groups is 1. The van der Waals surface area contributed by atoms with Crippen LogP contribution in [0.15, 0.2) is 30.3 Å². The number of carboxylic acid groups (broad SMARTS) is 1. The molecule has 0 spiro atoms. The number of ether oxygens (including phenoxy) is 1. The minimum atomic E-state index is -0.869. The van der Waals surface area contributed by atoms with E-state index < -0.39 is 11.9 Å². The molecule has 0 aliphatic carbocycles. The first-order valence-electron chi connectivity index (χ1n) is 6.32. The van der Waals surface area contributed by atoms with Gasteiger partial charge in [0, 0.05) is 6.42 Å². The summed E-state index contributed by atoms with van der Waals surface area (Å²) in [5.41, 5.74) is 0. The lowest BCUT2D eigenvalue weighted by Gasteiger charge is -2.08. The molecule has 7 heteroatoms. The maximum Gasteiger partial charge on any atom is 0.308 e. The molecule has 7 nitrogen and oxygen atoms in total. The molecule has 2 aromatic rings. The summed E-state index contributed by atoms with van der Waals surface area (Å²) in [5, 5.41) is 20.2. The number of aromatic nitrogens is 4. The summed E-state index contributed by atoms with van der Waals surface area (Å²) in [6.45, 7) is 2.31. The molecule has 0 aliphatic heterocycles. The number of hydrogen-bond acceptors (Lipinski definition) is 5. The van der Waals surface area contributed by atoms with E-state index in [1.807, 2.05) is 30.3 Å². The second kappa shape index (κ2) is 6.65. The van der Waals surface area contributed by atoms with Crippen LogP contribution in [0.1, 0.15) is 12.7 Å². The monoisotopic (exact) mass is 276 g/mol. The molecule has 1 heterocycles. The first-order valence-corrected chi connectivity index (χ1v) is 6.32. The fraction of sp³-hybridized carbons (Fsp3) is 0.385. The number of carboxylic acids is 1. The molecule has 1 aromatic heterocycles. The Bertz CT molecular complexity index is 556. The highest BCUT2D eigenvalue weighted by Crippen LogP contribution is 2.09. The predicted octanol–water partition coefficient (Wildman–Crippen LogP) is 1.02. The molecule has 0 amide bonds. The first kappa shape index (κ1) is 14.0. The van der Waals surface area contributed by atoms with Crippen LogP contribution in [0.3, 0.4) is 0 Å². The number of rotatable bonds is 7. The molecule has 2 rings (SSSR count). The summed E-state index contributed by atoms with van der Waals surface area (Å²) in [5.74, 6) is -0.00117. The Labute approximate surface area is 116 Å². The Kier molecular flexibility index (Phi) is 4.65. The average Bonchev–Trinajstić information content (AvgIpc) is 2.87. The van der Waals surface area contributed by atoms with Crippen LogP contribution >= 0.6 is 0 Å². The highest BCUT2D eigenvalue weighted by atomic mass is 16.5. The molecule has 0 bridgehead atoms. The Morgan fingerprint density at radius 2 is 2.15 bits per heavy atom. The molecule has 1 aromatic carbocycles. The standard InChI is InChI=1S/C13H16N4O3/c1-10(13(18)19)9-17-12(14-15-16-17)7-8-20-11-5-3-2-4-6-11/h2-6,10H,7-9H2,1H3,(H,18,19). The second-order valence-electron chi connectivity index (χ2n) is 4.43. The van der Waals surface area contributed by atoms with Gasteiger partial charge in [-0.15, -0.1) is 5.10 Å². The highest BCUT2D eigenvalue weighted by molar-refractivity contribution is 5.69. The van der Waals surface area contributed by atoms with Crippen LogP contribution in [-0.4, -0.2) is 37.9 Å². The normalized spacial score (nSPS) is 12.1. The summed E-state index contributed by atoms with van der Waals surface area (Å²) in [7, 11) is 0. The van der Waals surface area contributed by atoms with Gasteiger partial charge in [-0.05, 0) is 22.6 Å². The maximum absolute atomic E-state index is 10.8. The summed E-state index contributed by atoms with van der Waals surface area (Å²) < 4.78 is 7.07. The third-order valence-electron chi connectivity index (χ3n) is 2.81. The zero-order chi connectivity index (χ0) is 14.4. The van der Waals surface area contributed by atoms with Gasteiger partial charge in [0.05, 0.1) is 19.1 Å². The van der Waals surface area contributed by atoms with E-state index in [-0.39, 0.29) is 6.54 Å². The van der Waals surface area contributed by atoms with Crippen LogP contribution in [0.25, 0.3) is 0 Å². The van der Waals surface area contributed by atoms with Crippen molar-refractivity contribution in [2.75, 3.05) is 6.61 Å². The fourth-order valence-corrected chi connectivity index (χ4v) is 1.66. The lowest BCUT2D eigenvalue weighted by molar-refractivity contribution is -0.141. The molecule has 0 aliphatic rings. The third-order valence-corrected chi connectivity index (χ3v) is 2.81. The van der Waals surface area contributed by atoms with E-state index in [0.717, 1.165) is 5.75 Å². The summed E-state index contributed by atoms with van der Waals surface area (Å²) >= 11 is 0. The SMILES string of the molecule is CC(Cn1nnnc1CCOc1ccccc1)C(=O)O. The second-order valence-corrected chi connectivity index (χ2v) is 4.43. The van der Waals surface area contributed by atoms with Crippen LogP contribution < -0.4 is 4.74 Å². The molecule has 1 N–H and O–H groups in total. The Morgan fingerprint density at radius 3 is 2.85 bits per heavy atom. The van der Waals surface area contributed by atoms with Gasteiger partial charge in [-0.1, -0.05) is 25.1 Å². The molecular weight excluding hydrogens is 260 g/mol.